The van der Waals surface area contributed by atoms with Crippen LogP contribution in [0.15, 0.2) is 25.3 Å². The summed E-state index contributed by atoms with van der Waals surface area (Å²) in [5.74, 6) is 0.452. The minimum Gasteiger partial charge on any atom is -0.316 e. The number of rotatable bonds is 7. The lowest BCUT2D eigenvalue weighted by atomic mass is 10.0. The summed E-state index contributed by atoms with van der Waals surface area (Å²) < 4.78 is 25.8. The third-order valence-electron chi connectivity index (χ3n) is 2.90. The Morgan fingerprint density at radius 1 is 1.29 bits per heavy atom. The second-order valence-corrected chi connectivity index (χ2v) is 6.40. The highest BCUT2D eigenvalue weighted by atomic mass is 32.2. The molecule has 0 aromatic carbocycles. The predicted octanol–water partition coefficient (Wildman–Crippen LogP) is 0.990. The first-order chi connectivity index (χ1) is 8.10. The van der Waals surface area contributed by atoms with Crippen LogP contribution in [0.25, 0.3) is 0 Å². The van der Waals surface area contributed by atoms with Gasteiger partial charge in [0.1, 0.15) is 0 Å². The van der Waals surface area contributed by atoms with Gasteiger partial charge in [0.25, 0.3) is 0 Å². The number of sulfonamides is 1. The van der Waals surface area contributed by atoms with Crippen molar-refractivity contribution in [3.05, 3.63) is 25.3 Å². The third-order valence-corrected chi connectivity index (χ3v) is 4.88. The Bertz CT molecular complexity index is 336. The summed E-state index contributed by atoms with van der Waals surface area (Å²) in [4.78, 5) is 0. The zero-order valence-electron chi connectivity index (χ0n) is 10.3. The van der Waals surface area contributed by atoms with Gasteiger partial charge < -0.3 is 5.32 Å². The molecule has 1 heterocycles. The van der Waals surface area contributed by atoms with Crippen LogP contribution in [-0.4, -0.2) is 44.7 Å². The van der Waals surface area contributed by atoms with Crippen LogP contribution in [0.5, 0.6) is 0 Å². The van der Waals surface area contributed by atoms with Gasteiger partial charge in [-0.25, -0.2) is 8.42 Å². The maximum Gasteiger partial charge on any atom is 0.214 e. The Morgan fingerprint density at radius 3 is 2.41 bits per heavy atom. The van der Waals surface area contributed by atoms with Crippen molar-refractivity contribution in [2.45, 2.75) is 12.8 Å². The summed E-state index contributed by atoms with van der Waals surface area (Å²) in [5.41, 5.74) is 0. The van der Waals surface area contributed by atoms with Crippen molar-refractivity contribution in [1.82, 2.24) is 9.62 Å². The summed E-state index contributed by atoms with van der Waals surface area (Å²) in [7, 11) is -3.20. The molecular formula is C12H22N2O2S. The Balaban J connectivity index is 2.62. The SMILES string of the molecule is C=CCN(CC=C)S(=O)(=O)CC1CCCNC1. The van der Waals surface area contributed by atoms with E-state index in [1.165, 1.54) is 4.31 Å². The van der Waals surface area contributed by atoms with E-state index in [1.54, 1.807) is 12.2 Å². The van der Waals surface area contributed by atoms with E-state index >= 15 is 0 Å². The lowest BCUT2D eigenvalue weighted by Gasteiger charge is -2.26. The Hall–Kier alpha value is -0.650. The summed E-state index contributed by atoms with van der Waals surface area (Å²) in [6.07, 6.45) is 5.27. The first-order valence-corrected chi connectivity index (χ1v) is 7.61. The molecule has 1 fully saturated rings. The molecule has 1 atom stereocenters. The van der Waals surface area contributed by atoms with E-state index < -0.39 is 10.0 Å². The maximum atomic E-state index is 12.2. The first kappa shape index (κ1) is 14.4. The van der Waals surface area contributed by atoms with E-state index in [-0.39, 0.29) is 11.7 Å². The predicted molar refractivity (Wildman–Crippen MR) is 71.3 cm³/mol. The van der Waals surface area contributed by atoms with Gasteiger partial charge in [-0.15, -0.1) is 13.2 Å². The van der Waals surface area contributed by atoms with E-state index in [0.717, 1.165) is 25.9 Å². The van der Waals surface area contributed by atoms with Crippen LogP contribution < -0.4 is 5.32 Å². The van der Waals surface area contributed by atoms with Crippen molar-refractivity contribution in [3.63, 3.8) is 0 Å². The van der Waals surface area contributed by atoms with Crippen LogP contribution in [0.1, 0.15) is 12.8 Å². The van der Waals surface area contributed by atoms with E-state index in [0.29, 0.717) is 13.1 Å². The van der Waals surface area contributed by atoms with Gasteiger partial charge in [-0.3, -0.25) is 0 Å². The standard InChI is InChI=1S/C12H22N2O2S/c1-3-8-14(9-4-2)17(15,16)11-12-6-5-7-13-10-12/h3-4,12-13H,1-2,5-11H2. The van der Waals surface area contributed by atoms with Crippen LogP contribution in [0, 0.1) is 5.92 Å². The lowest BCUT2D eigenvalue weighted by molar-refractivity contribution is 0.392. The summed E-state index contributed by atoms with van der Waals surface area (Å²) in [6.45, 7) is 9.69. The molecule has 98 valence electrons. The molecule has 5 heteroatoms. The Kier molecular flexibility index (Phi) is 5.88. The highest BCUT2D eigenvalue weighted by Gasteiger charge is 2.25. The summed E-state index contributed by atoms with van der Waals surface area (Å²) in [5, 5.41) is 3.24. The second kappa shape index (κ2) is 6.93. The highest BCUT2D eigenvalue weighted by molar-refractivity contribution is 7.89. The fourth-order valence-electron chi connectivity index (χ4n) is 2.06. The van der Waals surface area contributed by atoms with Gasteiger partial charge in [-0.1, -0.05) is 12.2 Å². The van der Waals surface area contributed by atoms with Crippen molar-refractivity contribution in [2.75, 3.05) is 31.9 Å². The molecule has 1 N–H and O–H groups in total. The van der Waals surface area contributed by atoms with Crippen molar-refractivity contribution in [3.8, 4) is 0 Å². The number of piperidine rings is 1. The van der Waals surface area contributed by atoms with Crippen molar-refractivity contribution >= 4 is 10.0 Å². The number of hydrogen-bond donors (Lipinski definition) is 1. The Morgan fingerprint density at radius 2 is 1.94 bits per heavy atom. The van der Waals surface area contributed by atoms with Crippen molar-refractivity contribution in [1.29, 1.82) is 0 Å². The molecule has 1 aliphatic rings. The highest BCUT2D eigenvalue weighted by Crippen LogP contribution is 2.15. The number of nitrogens with zero attached hydrogens (tertiary/aromatic N) is 1. The lowest BCUT2D eigenvalue weighted by Crippen LogP contribution is -2.40. The largest absolute Gasteiger partial charge is 0.316 e. The molecule has 0 amide bonds. The van der Waals surface area contributed by atoms with Crippen LogP contribution in [-0.2, 0) is 10.0 Å². The zero-order chi connectivity index (χ0) is 12.7. The molecule has 1 saturated heterocycles. The molecule has 4 nitrogen and oxygen atoms in total. The summed E-state index contributed by atoms with van der Waals surface area (Å²) >= 11 is 0. The van der Waals surface area contributed by atoms with E-state index in [9.17, 15) is 8.42 Å². The van der Waals surface area contributed by atoms with Gasteiger partial charge in [0.2, 0.25) is 10.0 Å². The van der Waals surface area contributed by atoms with Crippen LogP contribution in [0.2, 0.25) is 0 Å². The molecule has 0 radical (unpaired) electrons. The van der Waals surface area contributed by atoms with Crippen molar-refractivity contribution in [2.24, 2.45) is 5.92 Å². The first-order valence-electron chi connectivity index (χ1n) is 6.00. The maximum absolute atomic E-state index is 12.2. The fraction of sp³-hybridized carbons (Fsp3) is 0.667. The van der Waals surface area contributed by atoms with Gasteiger partial charge in [0.05, 0.1) is 5.75 Å². The topological polar surface area (TPSA) is 49.4 Å². The molecule has 0 aliphatic carbocycles. The zero-order valence-corrected chi connectivity index (χ0v) is 11.1. The van der Waals surface area contributed by atoms with E-state index in [4.69, 9.17) is 0 Å². The molecule has 1 rings (SSSR count). The molecule has 0 aromatic heterocycles. The molecule has 0 bridgehead atoms. The van der Waals surface area contributed by atoms with Crippen LogP contribution >= 0.6 is 0 Å². The van der Waals surface area contributed by atoms with Gasteiger partial charge >= 0.3 is 0 Å². The number of nitrogens with one attached hydrogen (secondary N) is 1. The van der Waals surface area contributed by atoms with Crippen LogP contribution in [0.4, 0.5) is 0 Å². The monoisotopic (exact) mass is 258 g/mol. The molecule has 17 heavy (non-hydrogen) atoms. The number of hydrogen-bond acceptors (Lipinski definition) is 3. The van der Waals surface area contributed by atoms with Crippen molar-refractivity contribution < 1.29 is 8.42 Å². The minimum atomic E-state index is -3.20. The van der Waals surface area contributed by atoms with E-state index in [1.807, 2.05) is 0 Å². The van der Waals surface area contributed by atoms with Gasteiger partial charge in [-0.05, 0) is 31.8 Å². The third kappa shape index (κ3) is 4.61. The fourth-order valence-corrected chi connectivity index (χ4v) is 3.82. The second-order valence-electron chi connectivity index (χ2n) is 4.39. The molecule has 0 saturated carbocycles. The van der Waals surface area contributed by atoms with Crippen LogP contribution in [0.3, 0.4) is 0 Å². The molecular weight excluding hydrogens is 236 g/mol. The Labute approximate surface area is 104 Å². The average Bonchev–Trinajstić information content (AvgIpc) is 2.29. The quantitative estimate of drug-likeness (QED) is 0.693. The molecule has 1 unspecified atom stereocenters. The molecule has 0 aromatic rings. The average molecular weight is 258 g/mol. The molecule has 0 spiro atoms. The van der Waals surface area contributed by atoms with Gasteiger partial charge in [0, 0.05) is 13.1 Å². The van der Waals surface area contributed by atoms with Gasteiger partial charge in [0.15, 0.2) is 0 Å². The van der Waals surface area contributed by atoms with E-state index in [2.05, 4.69) is 18.5 Å². The smallest absolute Gasteiger partial charge is 0.214 e. The summed E-state index contributed by atoms with van der Waals surface area (Å²) in [6, 6.07) is 0. The minimum absolute atomic E-state index is 0.224. The molecule has 1 aliphatic heterocycles. The van der Waals surface area contributed by atoms with Gasteiger partial charge in [-0.2, -0.15) is 4.31 Å². The normalized spacial score (nSPS) is 21.4.